The molecule has 23 heavy (non-hydrogen) atoms. The van der Waals surface area contributed by atoms with E-state index in [1.54, 1.807) is 36.2 Å². The van der Waals surface area contributed by atoms with Crippen molar-refractivity contribution in [2.75, 3.05) is 27.2 Å². The average molecular weight is 318 g/mol. The number of aromatic nitrogens is 2. The molecule has 0 atom stereocenters. The summed E-state index contributed by atoms with van der Waals surface area (Å²) in [7, 11) is 3.64. The Labute approximate surface area is 135 Å². The number of hydrogen-bond acceptors (Lipinski definition) is 6. The van der Waals surface area contributed by atoms with Crippen molar-refractivity contribution in [2.24, 2.45) is 0 Å². The van der Waals surface area contributed by atoms with Crippen LogP contribution in [0.25, 0.3) is 0 Å². The second-order valence-electron chi connectivity index (χ2n) is 5.10. The Balaban J connectivity index is 1.89. The van der Waals surface area contributed by atoms with Crippen LogP contribution in [0.5, 0.6) is 5.75 Å². The van der Waals surface area contributed by atoms with Gasteiger partial charge >= 0.3 is 0 Å². The first-order valence-corrected chi connectivity index (χ1v) is 7.58. The molecule has 1 heterocycles. The summed E-state index contributed by atoms with van der Waals surface area (Å²) >= 11 is 0. The normalized spacial score (nSPS) is 10.6. The van der Waals surface area contributed by atoms with E-state index in [9.17, 15) is 4.79 Å². The fraction of sp³-hybridized carbons (Fsp3) is 0.438. The average Bonchev–Trinajstić information content (AvgIpc) is 3.05. The summed E-state index contributed by atoms with van der Waals surface area (Å²) in [5.41, 5.74) is 0.629. The summed E-state index contributed by atoms with van der Waals surface area (Å²) in [6.07, 6.45) is 0.699. The third kappa shape index (κ3) is 4.79. The Morgan fingerprint density at radius 3 is 2.70 bits per heavy atom. The van der Waals surface area contributed by atoms with E-state index in [-0.39, 0.29) is 12.5 Å². The molecule has 0 saturated carbocycles. The molecule has 1 aromatic carbocycles. The van der Waals surface area contributed by atoms with Crippen molar-refractivity contribution < 1.29 is 14.1 Å². The molecule has 124 valence electrons. The monoisotopic (exact) mass is 318 g/mol. The lowest BCUT2D eigenvalue weighted by molar-refractivity contribution is 0.0797. The molecule has 0 spiro atoms. The first-order valence-electron chi connectivity index (χ1n) is 7.58. The molecule has 2 aromatic rings. The predicted molar refractivity (Wildman–Crippen MR) is 85.3 cm³/mol. The fourth-order valence-electron chi connectivity index (χ4n) is 1.94. The Morgan fingerprint density at radius 1 is 1.35 bits per heavy atom. The van der Waals surface area contributed by atoms with Crippen molar-refractivity contribution in [1.82, 2.24) is 20.4 Å². The number of ether oxygens (including phenoxy) is 1. The summed E-state index contributed by atoms with van der Waals surface area (Å²) in [6.45, 7) is 3.60. The molecule has 1 aromatic heterocycles. The molecule has 1 N–H and O–H groups in total. The molecule has 0 fully saturated rings. The van der Waals surface area contributed by atoms with Crippen molar-refractivity contribution >= 4 is 5.91 Å². The van der Waals surface area contributed by atoms with Gasteiger partial charge in [0, 0.05) is 32.1 Å². The maximum atomic E-state index is 12.2. The van der Waals surface area contributed by atoms with Gasteiger partial charge in [0.2, 0.25) is 11.7 Å². The lowest BCUT2D eigenvalue weighted by atomic mass is 10.2. The number of likely N-dealkylation sites (N-methyl/N-ethyl adjacent to an activating group) is 2. The van der Waals surface area contributed by atoms with Gasteiger partial charge in [0.25, 0.3) is 5.91 Å². The standard InChI is InChI=1S/C16H22N4O3/c1-4-15-18-14(19-23-15)11-22-13-7-5-12(6-8-13)16(21)20(3)10-9-17-2/h5-8,17H,4,9-11H2,1-3H3. The van der Waals surface area contributed by atoms with Crippen LogP contribution >= 0.6 is 0 Å². The minimum Gasteiger partial charge on any atom is -0.485 e. The molecule has 0 aliphatic heterocycles. The van der Waals surface area contributed by atoms with Gasteiger partial charge in [-0.2, -0.15) is 4.98 Å². The van der Waals surface area contributed by atoms with Crippen molar-refractivity contribution in [3.63, 3.8) is 0 Å². The largest absolute Gasteiger partial charge is 0.485 e. The van der Waals surface area contributed by atoms with Crippen LogP contribution in [0.3, 0.4) is 0 Å². The molecule has 7 nitrogen and oxygen atoms in total. The molecule has 0 bridgehead atoms. The minimum atomic E-state index is -0.0162. The topological polar surface area (TPSA) is 80.5 Å². The van der Waals surface area contributed by atoms with E-state index < -0.39 is 0 Å². The van der Waals surface area contributed by atoms with Crippen LogP contribution < -0.4 is 10.1 Å². The van der Waals surface area contributed by atoms with E-state index in [0.29, 0.717) is 36.0 Å². The van der Waals surface area contributed by atoms with Crippen LogP contribution in [0.4, 0.5) is 0 Å². The van der Waals surface area contributed by atoms with Gasteiger partial charge in [-0.3, -0.25) is 4.79 Å². The quantitative estimate of drug-likeness (QED) is 0.794. The lowest BCUT2D eigenvalue weighted by Gasteiger charge is -2.17. The zero-order valence-electron chi connectivity index (χ0n) is 13.7. The van der Waals surface area contributed by atoms with E-state index in [4.69, 9.17) is 9.26 Å². The summed E-state index contributed by atoms with van der Waals surface area (Å²) in [6, 6.07) is 7.03. The van der Waals surface area contributed by atoms with Gasteiger partial charge in [0.05, 0.1) is 0 Å². The van der Waals surface area contributed by atoms with Crippen molar-refractivity contribution in [1.29, 1.82) is 0 Å². The van der Waals surface area contributed by atoms with Crippen LogP contribution in [0.15, 0.2) is 28.8 Å². The van der Waals surface area contributed by atoms with E-state index >= 15 is 0 Å². The Kier molecular flexibility index (Phi) is 6.10. The van der Waals surface area contributed by atoms with Gasteiger partial charge in [0.1, 0.15) is 5.75 Å². The number of nitrogens with zero attached hydrogens (tertiary/aromatic N) is 3. The highest BCUT2D eigenvalue weighted by Gasteiger charge is 2.11. The minimum absolute atomic E-state index is 0.0162. The van der Waals surface area contributed by atoms with Crippen LogP contribution in [0.2, 0.25) is 0 Å². The molecular weight excluding hydrogens is 296 g/mol. The summed E-state index contributed by atoms with van der Waals surface area (Å²) in [4.78, 5) is 18.1. The third-order valence-corrected chi connectivity index (χ3v) is 3.33. The second kappa shape index (κ2) is 8.28. The molecule has 1 amide bonds. The van der Waals surface area contributed by atoms with Crippen molar-refractivity contribution in [3.8, 4) is 5.75 Å². The predicted octanol–water partition coefficient (Wildman–Crippen LogP) is 1.50. The van der Waals surface area contributed by atoms with Gasteiger partial charge in [0.15, 0.2) is 6.61 Å². The first kappa shape index (κ1) is 17.0. The van der Waals surface area contributed by atoms with E-state index in [0.717, 1.165) is 6.54 Å². The second-order valence-corrected chi connectivity index (χ2v) is 5.10. The van der Waals surface area contributed by atoms with Gasteiger partial charge < -0.3 is 19.5 Å². The smallest absolute Gasteiger partial charge is 0.253 e. The Hall–Kier alpha value is -2.41. The number of benzene rings is 1. The highest BCUT2D eigenvalue weighted by atomic mass is 16.5. The van der Waals surface area contributed by atoms with Gasteiger partial charge in [-0.25, -0.2) is 0 Å². The highest BCUT2D eigenvalue weighted by molar-refractivity contribution is 5.94. The maximum absolute atomic E-state index is 12.2. The molecule has 0 aliphatic carbocycles. The third-order valence-electron chi connectivity index (χ3n) is 3.33. The van der Waals surface area contributed by atoms with Gasteiger partial charge in [-0.1, -0.05) is 12.1 Å². The van der Waals surface area contributed by atoms with Crippen molar-refractivity contribution in [3.05, 3.63) is 41.5 Å². The number of aryl methyl sites for hydroxylation is 1. The SMILES string of the molecule is CCc1nc(COc2ccc(C(=O)N(C)CCNC)cc2)no1. The summed E-state index contributed by atoms with van der Waals surface area (Å²) < 4.78 is 10.6. The van der Waals surface area contributed by atoms with E-state index in [1.165, 1.54) is 0 Å². The summed E-state index contributed by atoms with van der Waals surface area (Å²) in [5.74, 6) is 1.74. The molecule has 2 rings (SSSR count). The lowest BCUT2D eigenvalue weighted by Crippen LogP contribution is -2.32. The maximum Gasteiger partial charge on any atom is 0.253 e. The van der Waals surface area contributed by atoms with E-state index in [2.05, 4.69) is 15.5 Å². The Bertz CT molecular complexity index is 625. The molecule has 0 saturated heterocycles. The van der Waals surface area contributed by atoms with Crippen LogP contribution in [0, 0.1) is 0 Å². The molecular formula is C16H22N4O3. The first-order chi connectivity index (χ1) is 11.1. The number of amides is 1. The zero-order valence-corrected chi connectivity index (χ0v) is 13.7. The number of hydrogen-bond donors (Lipinski definition) is 1. The van der Waals surface area contributed by atoms with Crippen molar-refractivity contribution in [2.45, 2.75) is 20.0 Å². The van der Waals surface area contributed by atoms with Crippen LogP contribution in [-0.2, 0) is 13.0 Å². The Morgan fingerprint density at radius 2 is 2.09 bits per heavy atom. The summed E-state index contributed by atoms with van der Waals surface area (Å²) in [5, 5.41) is 6.84. The molecule has 7 heteroatoms. The van der Waals surface area contributed by atoms with Gasteiger partial charge in [-0.15, -0.1) is 0 Å². The number of carbonyl (C=O) groups excluding carboxylic acids is 1. The van der Waals surface area contributed by atoms with Crippen LogP contribution in [-0.4, -0.2) is 48.1 Å². The number of rotatable bonds is 8. The van der Waals surface area contributed by atoms with E-state index in [1.807, 2.05) is 14.0 Å². The molecule has 0 radical (unpaired) electrons. The molecule has 0 unspecified atom stereocenters. The highest BCUT2D eigenvalue weighted by Crippen LogP contribution is 2.14. The number of nitrogens with one attached hydrogen (secondary N) is 1. The number of carbonyl (C=O) groups is 1. The van der Waals surface area contributed by atoms with Crippen LogP contribution in [0.1, 0.15) is 29.0 Å². The fourth-order valence-corrected chi connectivity index (χ4v) is 1.94. The molecule has 0 aliphatic rings. The van der Waals surface area contributed by atoms with Gasteiger partial charge in [-0.05, 0) is 31.3 Å². The zero-order chi connectivity index (χ0) is 16.7.